The highest BCUT2D eigenvalue weighted by molar-refractivity contribution is 7.16. The van der Waals surface area contributed by atoms with E-state index in [1.54, 1.807) is 0 Å². The zero-order valence-corrected chi connectivity index (χ0v) is 14.0. The molecule has 1 heterocycles. The molecule has 1 aromatic rings. The molecule has 5 heteroatoms. The highest BCUT2D eigenvalue weighted by atomic mass is 32.1. The summed E-state index contributed by atoms with van der Waals surface area (Å²) in [6.07, 6.45) is 3.42. The second kappa shape index (κ2) is 8.82. The quantitative estimate of drug-likeness (QED) is 0.607. The van der Waals surface area contributed by atoms with Gasteiger partial charge in [-0.05, 0) is 11.8 Å². The number of rotatable bonds is 10. The fraction of sp³-hybridized carbons (Fsp3) is 0.625. The minimum Gasteiger partial charge on any atom is -0.488 e. The fourth-order valence-electron chi connectivity index (χ4n) is 1.55. The number of hydrogen-bond donors (Lipinski definition) is 0. The van der Waals surface area contributed by atoms with Crippen LogP contribution in [-0.2, 0) is 0 Å². The molecule has 118 valence electrons. The molecule has 1 aromatic heterocycles. The van der Waals surface area contributed by atoms with Crippen LogP contribution in [0.3, 0.4) is 0 Å². The maximum atomic E-state index is 11.2. The van der Waals surface area contributed by atoms with Gasteiger partial charge in [-0.25, -0.2) is 0 Å². The van der Waals surface area contributed by atoms with Gasteiger partial charge in [-0.15, -0.1) is 11.3 Å². The van der Waals surface area contributed by atoms with Gasteiger partial charge >= 0.3 is 0 Å². The smallest absolute Gasteiger partial charge is 0.183 e. The van der Waals surface area contributed by atoms with Gasteiger partial charge in [-0.2, -0.15) is 0 Å². The van der Waals surface area contributed by atoms with Crippen LogP contribution in [0.2, 0.25) is 0 Å². The molecular weight excluding hydrogens is 288 g/mol. The van der Waals surface area contributed by atoms with Crippen molar-refractivity contribution in [1.29, 1.82) is 0 Å². The van der Waals surface area contributed by atoms with E-state index in [0.29, 0.717) is 46.3 Å². The monoisotopic (exact) mass is 312 g/mol. The lowest BCUT2D eigenvalue weighted by Crippen LogP contribution is -2.11. The highest BCUT2D eigenvalue weighted by Gasteiger charge is 2.22. The van der Waals surface area contributed by atoms with E-state index in [1.165, 1.54) is 0 Å². The van der Waals surface area contributed by atoms with Crippen molar-refractivity contribution >= 4 is 23.9 Å². The van der Waals surface area contributed by atoms with E-state index < -0.39 is 0 Å². The summed E-state index contributed by atoms with van der Waals surface area (Å²) in [7, 11) is 0. The Balaban J connectivity index is 2.97. The number of carbonyl (C=O) groups is 2. The van der Waals surface area contributed by atoms with E-state index in [-0.39, 0.29) is 0 Å². The van der Waals surface area contributed by atoms with Gasteiger partial charge in [0.2, 0.25) is 0 Å². The first-order valence-corrected chi connectivity index (χ1v) is 8.21. The minimum absolute atomic E-state index is 0.381. The Labute approximate surface area is 130 Å². The van der Waals surface area contributed by atoms with Crippen LogP contribution in [0.5, 0.6) is 11.5 Å². The molecule has 0 radical (unpaired) electrons. The lowest BCUT2D eigenvalue weighted by molar-refractivity contribution is 0.111. The van der Waals surface area contributed by atoms with Crippen LogP contribution in [0.4, 0.5) is 0 Å². The standard InChI is InChI=1S/C16H24O4S/c1-5-11(3)9-19-15-13(7-17)21-14(8-18)16(15)20-10-12(4)6-2/h7-8,11-12H,5-6,9-10H2,1-4H3/t11-,12-/m0/s1. The Hall–Kier alpha value is -1.36. The highest BCUT2D eigenvalue weighted by Crippen LogP contribution is 2.41. The average Bonchev–Trinajstić information content (AvgIpc) is 2.86. The van der Waals surface area contributed by atoms with E-state index >= 15 is 0 Å². The minimum atomic E-state index is 0.381. The van der Waals surface area contributed by atoms with Gasteiger partial charge in [0.05, 0.1) is 13.2 Å². The van der Waals surface area contributed by atoms with Crippen molar-refractivity contribution in [3.8, 4) is 11.5 Å². The van der Waals surface area contributed by atoms with E-state index in [0.717, 1.165) is 36.8 Å². The summed E-state index contributed by atoms with van der Waals surface area (Å²) in [5.41, 5.74) is 0. The first-order chi connectivity index (χ1) is 10.1. The summed E-state index contributed by atoms with van der Waals surface area (Å²) in [4.78, 5) is 23.2. The van der Waals surface area contributed by atoms with Crippen molar-refractivity contribution < 1.29 is 19.1 Å². The second-order valence-corrected chi connectivity index (χ2v) is 6.46. The van der Waals surface area contributed by atoms with Crippen LogP contribution in [0, 0.1) is 11.8 Å². The second-order valence-electron chi connectivity index (χ2n) is 5.37. The molecule has 0 aliphatic heterocycles. The van der Waals surface area contributed by atoms with Gasteiger partial charge in [0.1, 0.15) is 9.75 Å². The van der Waals surface area contributed by atoms with Crippen LogP contribution in [0.15, 0.2) is 0 Å². The molecule has 21 heavy (non-hydrogen) atoms. The molecule has 1 rings (SSSR count). The molecule has 0 amide bonds. The summed E-state index contributed by atoms with van der Waals surface area (Å²) in [5, 5.41) is 0. The van der Waals surface area contributed by atoms with E-state index in [1.807, 2.05) is 0 Å². The molecule has 0 saturated heterocycles. The molecule has 0 bridgehead atoms. The normalized spacial score (nSPS) is 13.5. The zero-order chi connectivity index (χ0) is 15.8. The molecule has 0 fully saturated rings. The summed E-state index contributed by atoms with van der Waals surface area (Å²) in [6.45, 7) is 9.33. The third kappa shape index (κ3) is 4.84. The lowest BCUT2D eigenvalue weighted by atomic mass is 10.1. The molecule has 0 aliphatic carbocycles. The number of thiophene rings is 1. The van der Waals surface area contributed by atoms with E-state index in [2.05, 4.69) is 27.7 Å². The molecule has 0 spiro atoms. The fourth-order valence-corrected chi connectivity index (χ4v) is 2.37. The van der Waals surface area contributed by atoms with Crippen molar-refractivity contribution in [2.45, 2.75) is 40.5 Å². The van der Waals surface area contributed by atoms with Crippen molar-refractivity contribution in [1.82, 2.24) is 0 Å². The van der Waals surface area contributed by atoms with Gasteiger partial charge in [0.25, 0.3) is 0 Å². The Morgan fingerprint density at radius 2 is 1.29 bits per heavy atom. The Kier molecular flexibility index (Phi) is 7.43. The molecule has 0 N–H and O–H groups in total. The average molecular weight is 312 g/mol. The summed E-state index contributed by atoms with van der Waals surface area (Å²) < 4.78 is 11.5. The SMILES string of the molecule is CC[C@H](C)COc1c(C=O)sc(C=O)c1OC[C@@H](C)CC. The largest absolute Gasteiger partial charge is 0.488 e. The third-order valence-corrected chi connectivity index (χ3v) is 4.51. The van der Waals surface area contributed by atoms with Gasteiger partial charge in [0.15, 0.2) is 24.1 Å². The van der Waals surface area contributed by atoms with Gasteiger partial charge in [-0.3, -0.25) is 9.59 Å². The summed E-state index contributed by atoms with van der Waals surface area (Å²) in [5.74, 6) is 1.60. The van der Waals surface area contributed by atoms with Crippen molar-refractivity contribution in [3.05, 3.63) is 9.75 Å². The van der Waals surface area contributed by atoms with Gasteiger partial charge in [0, 0.05) is 0 Å². The van der Waals surface area contributed by atoms with Crippen LogP contribution < -0.4 is 9.47 Å². The zero-order valence-electron chi connectivity index (χ0n) is 13.2. The van der Waals surface area contributed by atoms with Crippen LogP contribution >= 0.6 is 11.3 Å². The van der Waals surface area contributed by atoms with E-state index in [9.17, 15) is 9.59 Å². The van der Waals surface area contributed by atoms with Crippen LogP contribution in [0.1, 0.15) is 59.9 Å². The van der Waals surface area contributed by atoms with E-state index in [4.69, 9.17) is 9.47 Å². The lowest BCUT2D eigenvalue weighted by Gasteiger charge is -2.15. The molecule has 0 aliphatic rings. The maximum Gasteiger partial charge on any atom is 0.183 e. The molecule has 0 aromatic carbocycles. The maximum absolute atomic E-state index is 11.2. The first-order valence-electron chi connectivity index (χ1n) is 7.39. The Bertz CT molecular complexity index is 427. The summed E-state index contributed by atoms with van der Waals surface area (Å²) in [6, 6.07) is 0. The van der Waals surface area contributed by atoms with Gasteiger partial charge in [-0.1, -0.05) is 40.5 Å². The molecule has 2 atom stereocenters. The van der Waals surface area contributed by atoms with Crippen LogP contribution in [0.25, 0.3) is 0 Å². The van der Waals surface area contributed by atoms with Gasteiger partial charge < -0.3 is 9.47 Å². The molecule has 4 nitrogen and oxygen atoms in total. The predicted molar refractivity (Wildman–Crippen MR) is 85.0 cm³/mol. The first kappa shape index (κ1) is 17.7. The topological polar surface area (TPSA) is 52.6 Å². The molecule has 0 unspecified atom stereocenters. The Morgan fingerprint density at radius 1 is 0.905 bits per heavy atom. The summed E-state index contributed by atoms with van der Waals surface area (Å²) >= 11 is 1.12. The molecular formula is C16H24O4S. The number of carbonyl (C=O) groups excluding carboxylic acids is 2. The van der Waals surface area contributed by atoms with Crippen molar-refractivity contribution in [2.75, 3.05) is 13.2 Å². The number of hydrogen-bond acceptors (Lipinski definition) is 5. The Morgan fingerprint density at radius 3 is 1.57 bits per heavy atom. The third-order valence-electron chi connectivity index (χ3n) is 3.51. The van der Waals surface area contributed by atoms with Crippen molar-refractivity contribution in [3.63, 3.8) is 0 Å². The number of ether oxygens (including phenoxy) is 2. The number of aldehydes is 2. The molecule has 0 saturated carbocycles. The van der Waals surface area contributed by atoms with Crippen molar-refractivity contribution in [2.24, 2.45) is 11.8 Å². The predicted octanol–water partition coefficient (Wildman–Crippen LogP) is 4.22. The van der Waals surface area contributed by atoms with Crippen LogP contribution in [-0.4, -0.2) is 25.8 Å².